The first-order valence-corrected chi connectivity index (χ1v) is 7.60. The van der Waals surface area contributed by atoms with Gasteiger partial charge in [0, 0.05) is 6.04 Å². The number of rotatable bonds is 4. The van der Waals surface area contributed by atoms with Crippen molar-refractivity contribution in [2.24, 2.45) is 28.9 Å². The molecular weight excluding hydrogens is 206 g/mol. The van der Waals surface area contributed by atoms with Crippen molar-refractivity contribution in [3.05, 3.63) is 0 Å². The third kappa shape index (κ3) is 4.62. The van der Waals surface area contributed by atoms with Crippen LogP contribution in [-0.2, 0) is 0 Å². The summed E-state index contributed by atoms with van der Waals surface area (Å²) < 4.78 is 0. The van der Waals surface area contributed by atoms with Crippen molar-refractivity contribution in [2.45, 2.75) is 79.2 Å². The van der Waals surface area contributed by atoms with Crippen molar-refractivity contribution >= 4 is 0 Å². The monoisotopic (exact) mass is 239 g/mol. The van der Waals surface area contributed by atoms with Crippen molar-refractivity contribution in [1.29, 1.82) is 0 Å². The van der Waals surface area contributed by atoms with E-state index in [9.17, 15) is 0 Å². The van der Waals surface area contributed by atoms with Gasteiger partial charge in [-0.3, -0.25) is 0 Å². The fourth-order valence-electron chi connectivity index (χ4n) is 3.47. The van der Waals surface area contributed by atoms with Gasteiger partial charge in [0.1, 0.15) is 0 Å². The molecule has 0 spiro atoms. The highest BCUT2D eigenvalue weighted by Gasteiger charge is 2.34. The van der Waals surface area contributed by atoms with Gasteiger partial charge in [0.25, 0.3) is 0 Å². The lowest BCUT2D eigenvalue weighted by Gasteiger charge is -2.41. The lowest BCUT2D eigenvalue weighted by Crippen LogP contribution is -2.40. The molecule has 1 aliphatic rings. The molecule has 0 radical (unpaired) electrons. The van der Waals surface area contributed by atoms with Crippen molar-refractivity contribution < 1.29 is 0 Å². The fourth-order valence-corrected chi connectivity index (χ4v) is 3.47. The smallest absolute Gasteiger partial charge is 0.00674 e. The Kier molecular flexibility index (Phi) is 5.50. The highest BCUT2D eigenvalue weighted by molar-refractivity contribution is 4.87. The molecule has 0 aromatic carbocycles. The maximum absolute atomic E-state index is 6.33. The molecule has 4 atom stereocenters. The quantitative estimate of drug-likeness (QED) is 0.762. The van der Waals surface area contributed by atoms with Gasteiger partial charge in [-0.05, 0) is 48.9 Å². The summed E-state index contributed by atoms with van der Waals surface area (Å²) in [5.74, 6) is 2.51. The van der Waals surface area contributed by atoms with E-state index in [4.69, 9.17) is 5.73 Å². The molecule has 0 saturated heterocycles. The molecule has 102 valence electrons. The van der Waals surface area contributed by atoms with Crippen LogP contribution in [0.2, 0.25) is 0 Å². The molecule has 2 N–H and O–H groups in total. The minimum absolute atomic E-state index is 0.465. The Balaban J connectivity index is 2.52. The van der Waals surface area contributed by atoms with E-state index in [2.05, 4.69) is 34.6 Å². The van der Waals surface area contributed by atoms with Gasteiger partial charge in [0.2, 0.25) is 0 Å². The van der Waals surface area contributed by atoms with Gasteiger partial charge in [-0.1, -0.05) is 47.5 Å². The summed E-state index contributed by atoms with van der Waals surface area (Å²) in [6.45, 7) is 11.9. The van der Waals surface area contributed by atoms with Crippen LogP contribution in [-0.4, -0.2) is 6.04 Å². The molecule has 1 fully saturated rings. The predicted octanol–water partition coefficient (Wildman–Crippen LogP) is 4.60. The maximum atomic E-state index is 6.33. The third-order valence-corrected chi connectivity index (χ3v) is 4.75. The molecule has 1 aliphatic carbocycles. The summed E-state index contributed by atoms with van der Waals surface area (Å²) in [6.07, 6.45) is 7.96. The van der Waals surface area contributed by atoms with Crippen LogP contribution in [0, 0.1) is 23.2 Å². The summed E-state index contributed by atoms with van der Waals surface area (Å²) in [4.78, 5) is 0. The van der Waals surface area contributed by atoms with Gasteiger partial charge < -0.3 is 5.73 Å². The van der Waals surface area contributed by atoms with Crippen LogP contribution in [0.3, 0.4) is 0 Å². The van der Waals surface area contributed by atoms with Gasteiger partial charge in [-0.15, -0.1) is 0 Å². The Bertz CT molecular complexity index is 216. The van der Waals surface area contributed by atoms with Crippen LogP contribution >= 0.6 is 0 Å². The Morgan fingerprint density at radius 1 is 1.24 bits per heavy atom. The average Bonchev–Trinajstić information content (AvgIpc) is 2.20. The molecule has 1 saturated carbocycles. The zero-order chi connectivity index (χ0) is 13.1. The van der Waals surface area contributed by atoms with E-state index in [0.29, 0.717) is 11.5 Å². The minimum atomic E-state index is 0.465. The lowest BCUT2D eigenvalue weighted by molar-refractivity contribution is 0.113. The normalized spacial score (nSPS) is 32.5. The van der Waals surface area contributed by atoms with E-state index in [1.54, 1.807) is 0 Å². The first-order valence-electron chi connectivity index (χ1n) is 7.60. The molecule has 0 bridgehead atoms. The highest BCUT2D eigenvalue weighted by atomic mass is 14.7. The SMILES string of the molecule is CCCC(C)CC1CC(C(C)(C)C)CCC1N. The van der Waals surface area contributed by atoms with Crippen LogP contribution in [0.15, 0.2) is 0 Å². The first kappa shape index (κ1) is 15.0. The Labute approximate surface area is 109 Å². The third-order valence-electron chi connectivity index (χ3n) is 4.75. The van der Waals surface area contributed by atoms with E-state index in [0.717, 1.165) is 17.8 Å². The Hall–Kier alpha value is -0.0400. The Morgan fingerprint density at radius 3 is 2.41 bits per heavy atom. The first-order chi connectivity index (χ1) is 7.84. The van der Waals surface area contributed by atoms with Crippen molar-refractivity contribution in [3.63, 3.8) is 0 Å². The molecular formula is C16H33N. The number of hydrogen-bond acceptors (Lipinski definition) is 1. The number of nitrogens with two attached hydrogens (primary N) is 1. The molecule has 1 rings (SSSR count). The molecule has 0 aromatic rings. The molecule has 0 heterocycles. The highest BCUT2D eigenvalue weighted by Crippen LogP contribution is 2.41. The molecule has 1 nitrogen and oxygen atoms in total. The van der Waals surface area contributed by atoms with Crippen LogP contribution in [0.5, 0.6) is 0 Å². The maximum Gasteiger partial charge on any atom is 0.00674 e. The predicted molar refractivity (Wildman–Crippen MR) is 77.0 cm³/mol. The zero-order valence-corrected chi connectivity index (χ0v) is 12.6. The van der Waals surface area contributed by atoms with Gasteiger partial charge in [0.05, 0.1) is 0 Å². The fraction of sp³-hybridized carbons (Fsp3) is 1.00. The lowest BCUT2D eigenvalue weighted by atomic mass is 9.66. The molecule has 4 unspecified atom stereocenters. The average molecular weight is 239 g/mol. The van der Waals surface area contributed by atoms with Crippen molar-refractivity contribution in [3.8, 4) is 0 Å². The van der Waals surface area contributed by atoms with Crippen LogP contribution < -0.4 is 5.73 Å². The zero-order valence-electron chi connectivity index (χ0n) is 12.6. The second kappa shape index (κ2) is 6.22. The van der Waals surface area contributed by atoms with Gasteiger partial charge in [-0.25, -0.2) is 0 Å². The van der Waals surface area contributed by atoms with Gasteiger partial charge in [0.15, 0.2) is 0 Å². The summed E-state index contributed by atoms with van der Waals surface area (Å²) >= 11 is 0. The molecule has 0 aromatic heterocycles. The van der Waals surface area contributed by atoms with E-state index in [1.165, 1.54) is 38.5 Å². The van der Waals surface area contributed by atoms with E-state index in [1.807, 2.05) is 0 Å². The van der Waals surface area contributed by atoms with Gasteiger partial charge in [-0.2, -0.15) is 0 Å². The standard InChI is InChI=1S/C16H33N/c1-6-7-12(2)10-13-11-14(16(3,4)5)8-9-15(13)17/h12-15H,6-11,17H2,1-5H3. The second-order valence-electron chi connectivity index (χ2n) is 7.43. The topological polar surface area (TPSA) is 26.0 Å². The van der Waals surface area contributed by atoms with E-state index >= 15 is 0 Å². The summed E-state index contributed by atoms with van der Waals surface area (Å²) in [6, 6.07) is 0.466. The van der Waals surface area contributed by atoms with Gasteiger partial charge >= 0.3 is 0 Å². The molecule has 0 amide bonds. The number of hydrogen-bond donors (Lipinski definition) is 1. The van der Waals surface area contributed by atoms with Crippen LogP contribution in [0.25, 0.3) is 0 Å². The molecule has 1 heteroatoms. The summed E-state index contributed by atoms with van der Waals surface area (Å²) in [5, 5.41) is 0. The second-order valence-corrected chi connectivity index (χ2v) is 7.43. The largest absolute Gasteiger partial charge is 0.327 e. The summed E-state index contributed by atoms with van der Waals surface area (Å²) in [5.41, 5.74) is 6.79. The summed E-state index contributed by atoms with van der Waals surface area (Å²) in [7, 11) is 0. The van der Waals surface area contributed by atoms with Crippen LogP contribution in [0.1, 0.15) is 73.1 Å². The van der Waals surface area contributed by atoms with Crippen molar-refractivity contribution in [1.82, 2.24) is 0 Å². The van der Waals surface area contributed by atoms with E-state index < -0.39 is 0 Å². The Morgan fingerprint density at radius 2 is 1.88 bits per heavy atom. The molecule has 17 heavy (non-hydrogen) atoms. The molecule has 0 aliphatic heterocycles. The van der Waals surface area contributed by atoms with Crippen LogP contribution in [0.4, 0.5) is 0 Å². The van der Waals surface area contributed by atoms with E-state index in [-0.39, 0.29) is 0 Å². The van der Waals surface area contributed by atoms with Crippen molar-refractivity contribution in [2.75, 3.05) is 0 Å². The minimum Gasteiger partial charge on any atom is -0.327 e.